The minimum atomic E-state index is -0.501. The van der Waals surface area contributed by atoms with Crippen molar-refractivity contribution in [2.75, 3.05) is 5.32 Å². The van der Waals surface area contributed by atoms with Gasteiger partial charge in [-0.05, 0) is 23.6 Å². The van der Waals surface area contributed by atoms with Crippen LogP contribution in [0.25, 0.3) is 0 Å². The molecule has 0 saturated carbocycles. The van der Waals surface area contributed by atoms with Crippen LogP contribution in [0.5, 0.6) is 0 Å². The number of benzene rings is 1. The summed E-state index contributed by atoms with van der Waals surface area (Å²) in [6, 6.07) is 6.83. The third-order valence-electron chi connectivity index (χ3n) is 2.74. The molecular formula is C14H21N3O2. The van der Waals surface area contributed by atoms with E-state index >= 15 is 0 Å². The lowest BCUT2D eigenvalue weighted by molar-refractivity contribution is -0.123. The molecule has 0 aliphatic rings. The van der Waals surface area contributed by atoms with Crippen molar-refractivity contribution in [1.82, 2.24) is 5.32 Å². The molecule has 1 atom stereocenters. The molecule has 0 bridgehead atoms. The average molecular weight is 263 g/mol. The van der Waals surface area contributed by atoms with Crippen LogP contribution < -0.4 is 16.4 Å². The van der Waals surface area contributed by atoms with Crippen molar-refractivity contribution in [3.8, 4) is 0 Å². The first kappa shape index (κ1) is 15.2. The van der Waals surface area contributed by atoms with Gasteiger partial charge in [-0.2, -0.15) is 0 Å². The van der Waals surface area contributed by atoms with Gasteiger partial charge in [-0.1, -0.05) is 26.0 Å². The predicted octanol–water partition coefficient (Wildman–Crippen LogP) is 1.24. The van der Waals surface area contributed by atoms with Crippen molar-refractivity contribution in [1.29, 1.82) is 0 Å². The fourth-order valence-corrected chi connectivity index (χ4v) is 1.57. The maximum absolute atomic E-state index is 11.7. The van der Waals surface area contributed by atoms with E-state index in [1.807, 2.05) is 32.0 Å². The van der Waals surface area contributed by atoms with E-state index < -0.39 is 6.04 Å². The molecule has 0 heterocycles. The first-order valence-electron chi connectivity index (χ1n) is 6.30. The van der Waals surface area contributed by atoms with Crippen LogP contribution in [0.3, 0.4) is 0 Å². The Balaban J connectivity index is 2.58. The van der Waals surface area contributed by atoms with E-state index in [0.29, 0.717) is 12.2 Å². The molecule has 0 radical (unpaired) electrons. The molecule has 19 heavy (non-hydrogen) atoms. The van der Waals surface area contributed by atoms with E-state index in [1.54, 1.807) is 6.07 Å². The molecule has 0 fully saturated rings. The highest BCUT2D eigenvalue weighted by atomic mass is 16.2. The van der Waals surface area contributed by atoms with Crippen molar-refractivity contribution in [3.05, 3.63) is 29.8 Å². The van der Waals surface area contributed by atoms with Gasteiger partial charge in [0, 0.05) is 19.2 Å². The maximum Gasteiger partial charge on any atom is 0.237 e. The summed E-state index contributed by atoms with van der Waals surface area (Å²) in [6.45, 7) is 5.66. The average Bonchev–Trinajstić information content (AvgIpc) is 2.34. The number of nitrogens with one attached hydrogen (secondary N) is 2. The largest absolute Gasteiger partial charge is 0.351 e. The van der Waals surface area contributed by atoms with Crippen LogP contribution in [0.4, 0.5) is 5.69 Å². The molecule has 0 spiro atoms. The minimum Gasteiger partial charge on any atom is -0.351 e. The van der Waals surface area contributed by atoms with E-state index in [2.05, 4.69) is 10.6 Å². The monoisotopic (exact) mass is 263 g/mol. The zero-order valence-corrected chi connectivity index (χ0v) is 11.6. The number of amides is 2. The fraction of sp³-hybridized carbons (Fsp3) is 0.429. The van der Waals surface area contributed by atoms with E-state index in [0.717, 1.165) is 5.56 Å². The second-order valence-corrected chi connectivity index (χ2v) is 4.87. The molecule has 1 aromatic carbocycles. The third-order valence-corrected chi connectivity index (χ3v) is 2.74. The lowest BCUT2D eigenvalue weighted by atomic mass is 10.0. The summed E-state index contributed by atoms with van der Waals surface area (Å²) < 4.78 is 0. The number of nitrogens with two attached hydrogens (primary N) is 1. The summed E-state index contributed by atoms with van der Waals surface area (Å²) in [5.41, 5.74) is 7.38. The number of carbonyl (C=O) groups is 2. The molecule has 2 amide bonds. The van der Waals surface area contributed by atoms with Crippen LogP contribution in [-0.4, -0.2) is 17.9 Å². The molecule has 0 aromatic heterocycles. The van der Waals surface area contributed by atoms with Gasteiger partial charge in [0.1, 0.15) is 0 Å². The SMILES string of the molecule is CC(=O)Nc1cccc(CNC(=O)[C@@H](N)C(C)C)c1. The van der Waals surface area contributed by atoms with E-state index in [4.69, 9.17) is 5.73 Å². The summed E-state index contributed by atoms with van der Waals surface area (Å²) >= 11 is 0. The Morgan fingerprint density at radius 2 is 2.00 bits per heavy atom. The number of anilines is 1. The van der Waals surface area contributed by atoms with Crippen LogP contribution in [0.1, 0.15) is 26.3 Å². The van der Waals surface area contributed by atoms with Crippen LogP contribution in [0.15, 0.2) is 24.3 Å². The Morgan fingerprint density at radius 3 is 2.58 bits per heavy atom. The van der Waals surface area contributed by atoms with Crippen LogP contribution in [0.2, 0.25) is 0 Å². The molecule has 0 saturated heterocycles. The van der Waals surface area contributed by atoms with Gasteiger partial charge in [0.15, 0.2) is 0 Å². The van der Waals surface area contributed by atoms with Gasteiger partial charge >= 0.3 is 0 Å². The lowest BCUT2D eigenvalue weighted by Crippen LogP contribution is -2.43. The lowest BCUT2D eigenvalue weighted by Gasteiger charge is -2.15. The number of hydrogen-bond acceptors (Lipinski definition) is 3. The first-order valence-corrected chi connectivity index (χ1v) is 6.30. The molecule has 104 valence electrons. The van der Waals surface area contributed by atoms with Gasteiger partial charge in [-0.3, -0.25) is 9.59 Å². The summed E-state index contributed by atoms with van der Waals surface area (Å²) in [7, 11) is 0. The van der Waals surface area contributed by atoms with Crippen LogP contribution in [-0.2, 0) is 16.1 Å². The Hall–Kier alpha value is -1.88. The minimum absolute atomic E-state index is 0.103. The molecular weight excluding hydrogens is 242 g/mol. The molecule has 0 aliphatic heterocycles. The second kappa shape index (κ2) is 6.89. The summed E-state index contributed by atoms with van der Waals surface area (Å²) in [5.74, 6) is -0.186. The highest BCUT2D eigenvalue weighted by Gasteiger charge is 2.16. The molecule has 5 heteroatoms. The quantitative estimate of drug-likeness (QED) is 0.747. The van der Waals surface area contributed by atoms with Crippen molar-refractivity contribution in [2.24, 2.45) is 11.7 Å². The molecule has 0 aliphatic carbocycles. The third kappa shape index (κ3) is 5.09. The molecule has 4 N–H and O–H groups in total. The summed E-state index contributed by atoms with van der Waals surface area (Å²) in [6.07, 6.45) is 0. The van der Waals surface area contributed by atoms with Gasteiger partial charge in [0.2, 0.25) is 11.8 Å². The van der Waals surface area contributed by atoms with Crippen LogP contribution >= 0.6 is 0 Å². The number of rotatable bonds is 5. The normalized spacial score (nSPS) is 12.1. The maximum atomic E-state index is 11.7. The second-order valence-electron chi connectivity index (χ2n) is 4.87. The number of hydrogen-bond donors (Lipinski definition) is 3. The molecule has 1 aromatic rings. The molecule has 0 unspecified atom stereocenters. The molecule has 1 rings (SSSR count). The smallest absolute Gasteiger partial charge is 0.237 e. The Bertz CT molecular complexity index is 458. The predicted molar refractivity (Wildman–Crippen MR) is 75.4 cm³/mol. The van der Waals surface area contributed by atoms with Gasteiger partial charge in [-0.15, -0.1) is 0 Å². The van der Waals surface area contributed by atoms with E-state index in [-0.39, 0.29) is 17.7 Å². The highest BCUT2D eigenvalue weighted by Crippen LogP contribution is 2.10. The van der Waals surface area contributed by atoms with Crippen molar-refractivity contribution >= 4 is 17.5 Å². The number of carbonyl (C=O) groups excluding carboxylic acids is 2. The Morgan fingerprint density at radius 1 is 1.32 bits per heavy atom. The zero-order valence-electron chi connectivity index (χ0n) is 11.6. The summed E-state index contributed by atoms with van der Waals surface area (Å²) in [4.78, 5) is 22.7. The van der Waals surface area contributed by atoms with Gasteiger partial charge in [0.25, 0.3) is 0 Å². The Kier molecular flexibility index (Phi) is 5.51. The van der Waals surface area contributed by atoms with Crippen molar-refractivity contribution in [2.45, 2.75) is 33.4 Å². The molecule has 5 nitrogen and oxygen atoms in total. The van der Waals surface area contributed by atoms with Crippen molar-refractivity contribution in [3.63, 3.8) is 0 Å². The van der Waals surface area contributed by atoms with Crippen LogP contribution in [0, 0.1) is 5.92 Å². The Labute approximate surface area is 113 Å². The standard InChI is InChI=1S/C14H21N3O2/c1-9(2)13(15)14(19)16-8-11-5-4-6-12(7-11)17-10(3)18/h4-7,9,13H,8,15H2,1-3H3,(H,16,19)(H,17,18)/t13-/m0/s1. The van der Waals surface area contributed by atoms with Gasteiger partial charge < -0.3 is 16.4 Å². The van der Waals surface area contributed by atoms with E-state index in [9.17, 15) is 9.59 Å². The highest BCUT2D eigenvalue weighted by molar-refractivity contribution is 5.88. The van der Waals surface area contributed by atoms with Gasteiger partial charge in [0.05, 0.1) is 6.04 Å². The summed E-state index contributed by atoms with van der Waals surface area (Å²) in [5, 5.41) is 5.48. The fourth-order valence-electron chi connectivity index (χ4n) is 1.57. The first-order chi connectivity index (χ1) is 8.90. The van der Waals surface area contributed by atoms with Crippen molar-refractivity contribution < 1.29 is 9.59 Å². The zero-order chi connectivity index (χ0) is 14.4. The van der Waals surface area contributed by atoms with Gasteiger partial charge in [-0.25, -0.2) is 0 Å². The topological polar surface area (TPSA) is 84.2 Å². The van der Waals surface area contributed by atoms with E-state index in [1.165, 1.54) is 6.92 Å².